The highest BCUT2D eigenvalue weighted by atomic mass is 16.5. The van der Waals surface area contributed by atoms with Gasteiger partial charge in [0.1, 0.15) is 5.75 Å². The average molecular weight is 316 g/mol. The van der Waals surface area contributed by atoms with Crippen molar-refractivity contribution in [2.45, 2.75) is 44.1 Å². The Hall–Kier alpha value is -2.04. The van der Waals surface area contributed by atoms with E-state index in [0.29, 0.717) is 12.8 Å². The average Bonchev–Trinajstić information content (AvgIpc) is 2.56. The summed E-state index contributed by atoms with van der Waals surface area (Å²) < 4.78 is 5.13. The van der Waals surface area contributed by atoms with Crippen molar-refractivity contribution in [3.05, 3.63) is 29.8 Å². The predicted octanol–water partition coefficient (Wildman–Crippen LogP) is 1.90. The summed E-state index contributed by atoms with van der Waals surface area (Å²) in [4.78, 5) is 26.0. The minimum atomic E-state index is -0.0633. The number of rotatable bonds is 3. The zero-order valence-electron chi connectivity index (χ0n) is 13.6. The summed E-state index contributed by atoms with van der Waals surface area (Å²) in [5.74, 6) is 1.12. The number of benzene rings is 1. The normalized spacial score (nSPS) is 20.2. The molecule has 1 aromatic rings. The van der Waals surface area contributed by atoms with E-state index >= 15 is 0 Å². The number of piperidine rings is 2. The van der Waals surface area contributed by atoms with Crippen molar-refractivity contribution in [2.24, 2.45) is 0 Å². The first-order chi connectivity index (χ1) is 11.1. The Morgan fingerprint density at radius 3 is 2.52 bits per heavy atom. The molecule has 1 spiro atoms. The zero-order chi connectivity index (χ0) is 16.3. The molecule has 0 radical (unpaired) electrons. The van der Waals surface area contributed by atoms with Crippen LogP contribution in [-0.4, -0.2) is 42.5 Å². The molecule has 2 aliphatic heterocycles. The number of likely N-dealkylation sites (tertiary alicyclic amines) is 1. The van der Waals surface area contributed by atoms with Crippen LogP contribution < -0.4 is 10.1 Å². The van der Waals surface area contributed by atoms with Crippen LogP contribution in [0.3, 0.4) is 0 Å². The van der Waals surface area contributed by atoms with E-state index in [-0.39, 0.29) is 17.4 Å². The van der Waals surface area contributed by atoms with Crippen molar-refractivity contribution in [3.8, 4) is 5.75 Å². The fourth-order valence-electron chi connectivity index (χ4n) is 3.60. The van der Waals surface area contributed by atoms with Crippen LogP contribution in [-0.2, 0) is 16.0 Å². The van der Waals surface area contributed by atoms with Gasteiger partial charge in [0.25, 0.3) is 0 Å². The summed E-state index contributed by atoms with van der Waals surface area (Å²) in [5, 5.41) is 3.16. The number of hydrogen-bond acceptors (Lipinski definition) is 3. The fraction of sp³-hybridized carbons (Fsp3) is 0.556. The van der Waals surface area contributed by atoms with E-state index in [0.717, 1.165) is 50.1 Å². The summed E-state index contributed by atoms with van der Waals surface area (Å²) >= 11 is 0. The van der Waals surface area contributed by atoms with Crippen LogP contribution in [0.5, 0.6) is 5.75 Å². The Kier molecular flexibility index (Phi) is 4.55. The van der Waals surface area contributed by atoms with Crippen molar-refractivity contribution >= 4 is 11.8 Å². The second-order valence-corrected chi connectivity index (χ2v) is 6.59. The lowest BCUT2D eigenvalue weighted by molar-refractivity contribution is -0.133. The molecule has 2 fully saturated rings. The molecule has 1 aromatic carbocycles. The highest BCUT2D eigenvalue weighted by Crippen LogP contribution is 2.31. The number of amides is 2. The summed E-state index contributed by atoms with van der Waals surface area (Å²) in [6.07, 6.45) is 4.80. The summed E-state index contributed by atoms with van der Waals surface area (Å²) in [6, 6.07) is 7.63. The molecule has 0 bridgehead atoms. The molecular formula is C18H24N2O3. The zero-order valence-corrected chi connectivity index (χ0v) is 13.6. The molecular weight excluding hydrogens is 292 g/mol. The number of hydrogen-bond donors (Lipinski definition) is 1. The van der Waals surface area contributed by atoms with Crippen LogP contribution >= 0.6 is 0 Å². The van der Waals surface area contributed by atoms with E-state index < -0.39 is 0 Å². The molecule has 124 valence electrons. The molecule has 0 aliphatic carbocycles. The molecule has 2 aliphatic rings. The van der Waals surface area contributed by atoms with Gasteiger partial charge in [-0.1, -0.05) is 12.1 Å². The van der Waals surface area contributed by atoms with Crippen molar-refractivity contribution < 1.29 is 14.3 Å². The lowest BCUT2D eigenvalue weighted by atomic mass is 9.80. The topological polar surface area (TPSA) is 58.6 Å². The lowest BCUT2D eigenvalue weighted by Gasteiger charge is -2.44. The van der Waals surface area contributed by atoms with Gasteiger partial charge >= 0.3 is 0 Å². The molecule has 3 rings (SSSR count). The number of ether oxygens (including phenoxy) is 1. The van der Waals surface area contributed by atoms with Crippen LogP contribution in [0.2, 0.25) is 0 Å². The van der Waals surface area contributed by atoms with Crippen LogP contribution in [0.4, 0.5) is 0 Å². The van der Waals surface area contributed by atoms with Gasteiger partial charge in [0.05, 0.1) is 13.5 Å². The van der Waals surface area contributed by atoms with Gasteiger partial charge < -0.3 is 15.0 Å². The number of nitrogens with zero attached hydrogens (tertiary/aromatic N) is 1. The Morgan fingerprint density at radius 1 is 1.22 bits per heavy atom. The molecule has 2 saturated heterocycles. The first-order valence-corrected chi connectivity index (χ1v) is 8.32. The molecule has 5 nitrogen and oxygen atoms in total. The van der Waals surface area contributed by atoms with Gasteiger partial charge in [0, 0.05) is 25.0 Å². The largest absolute Gasteiger partial charge is 0.497 e. The van der Waals surface area contributed by atoms with Crippen molar-refractivity contribution in [1.29, 1.82) is 0 Å². The highest BCUT2D eigenvalue weighted by molar-refractivity contribution is 5.79. The number of carbonyl (C=O) groups excluding carboxylic acids is 2. The van der Waals surface area contributed by atoms with Crippen molar-refractivity contribution in [1.82, 2.24) is 10.2 Å². The molecule has 0 unspecified atom stereocenters. The van der Waals surface area contributed by atoms with Gasteiger partial charge in [-0.05, 0) is 43.4 Å². The molecule has 1 N–H and O–H groups in total. The quantitative estimate of drug-likeness (QED) is 0.926. The van der Waals surface area contributed by atoms with Crippen molar-refractivity contribution in [2.75, 3.05) is 20.2 Å². The molecule has 0 atom stereocenters. The molecule has 0 saturated carbocycles. The highest BCUT2D eigenvalue weighted by Gasteiger charge is 2.38. The van der Waals surface area contributed by atoms with E-state index in [4.69, 9.17) is 4.74 Å². The number of methoxy groups -OCH3 is 1. The Bertz CT molecular complexity index is 574. The Morgan fingerprint density at radius 2 is 1.91 bits per heavy atom. The van der Waals surface area contributed by atoms with Crippen LogP contribution in [0.1, 0.15) is 37.7 Å². The summed E-state index contributed by atoms with van der Waals surface area (Å²) in [7, 11) is 1.63. The second-order valence-electron chi connectivity index (χ2n) is 6.59. The van der Waals surface area contributed by atoms with Crippen molar-refractivity contribution in [3.63, 3.8) is 0 Å². The third-order valence-electron chi connectivity index (χ3n) is 5.05. The molecule has 5 heteroatoms. The van der Waals surface area contributed by atoms with E-state index in [1.807, 2.05) is 29.2 Å². The van der Waals surface area contributed by atoms with E-state index in [1.165, 1.54) is 0 Å². The Labute approximate surface area is 137 Å². The summed E-state index contributed by atoms with van der Waals surface area (Å²) in [5.41, 5.74) is 0.939. The van der Waals surface area contributed by atoms with E-state index in [1.54, 1.807) is 7.11 Å². The van der Waals surface area contributed by atoms with Gasteiger partial charge in [0.15, 0.2) is 0 Å². The number of nitrogens with one attached hydrogen (secondary N) is 1. The first kappa shape index (κ1) is 15.8. The number of carbonyl (C=O) groups is 2. The monoisotopic (exact) mass is 316 g/mol. The molecule has 2 heterocycles. The third kappa shape index (κ3) is 3.66. The first-order valence-electron chi connectivity index (χ1n) is 8.32. The van der Waals surface area contributed by atoms with Gasteiger partial charge in [-0.25, -0.2) is 0 Å². The SMILES string of the molecule is COc1ccc(CC(=O)N2CCC3(CCCC(=O)N3)CC2)cc1. The van der Waals surface area contributed by atoms with E-state index in [2.05, 4.69) is 5.32 Å². The second kappa shape index (κ2) is 6.60. The predicted molar refractivity (Wildman–Crippen MR) is 87.2 cm³/mol. The summed E-state index contributed by atoms with van der Waals surface area (Å²) in [6.45, 7) is 1.46. The maximum Gasteiger partial charge on any atom is 0.226 e. The van der Waals surface area contributed by atoms with Gasteiger partial charge in [-0.2, -0.15) is 0 Å². The minimum absolute atomic E-state index is 0.0633. The Balaban J connectivity index is 1.54. The third-order valence-corrected chi connectivity index (χ3v) is 5.05. The fourth-order valence-corrected chi connectivity index (χ4v) is 3.60. The van der Waals surface area contributed by atoms with Gasteiger partial charge in [-0.3, -0.25) is 9.59 Å². The van der Waals surface area contributed by atoms with E-state index in [9.17, 15) is 9.59 Å². The van der Waals surface area contributed by atoms with Gasteiger partial charge in [0.2, 0.25) is 11.8 Å². The maximum absolute atomic E-state index is 12.5. The van der Waals surface area contributed by atoms with Gasteiger partial charge in [-0.15, -0.1) is 0 Å². The van der Waals surface area contributed by atoms with Crippen LogP contribution in [0, 0.1) is 0 Å². The standard InChI is InChI=1S/C18H24N2O3/c1-23-15-6-4-14(5-7-15)13-17(22)20-11-9-18(10-12-20)8-2-3-16(21)19-18/h4-7H,2-3,8-13H2,1H3,(H,19,21). The minimum Gasteiger partial charge on any atom is -0.497 e. The van der Waals surface area contributed by atoms with Crippen LogP contribution in [0.25, 0.3) is 0 Å². The lowest BCUT2D eigenvalue weighted by Crippen LogP contribution is -2.58. The molecule has 0 aromatic heterocycles. The van der Waals surface area contributed by atoms with Crippen LogP contribution in [0.15, 0.2) is 24.3 Å². The molecule has 23 heavy (non-hydrogen) atoms. The smallest absolute Gasteiger partial charge is 0.226 e. The maximum atomic E-state index is 12.5. The molecule has 2 amide bonds.